The molecule has 1 aliphatic rings. The minimum atomic E-state index is -0.845. The third kappa shape index (κ3) is 5.86. The van der Waals surface area contributed by atoms with Gasteiger partial charge < -0.3 is 15.7 Å². The van der Waals surface area contributed by atoms with Gasteiger partial charge in [-0.15, -0.1) is 0 Å². The maximum Gasteiger partial charge on any atom is 0.303 e. The van der Waals surface area contributed by atoms with E-state index in [1.807, 2.05) is 6.92 Å². The lowest BCUT2D eigenvalue weighted by Crippen LogP contribution is -2.32. The molecule has 0 atom stereocenters. The molecule has 1 aliphatic carbocycles. The molecule has 142 valence electrons. The second kappa shape index (κ2) is 9.36. The summed E-state index contributed by atoms with van der Waals surface area (Å²) in [5.74, 6) is -1.15. The molecule has 3 N–H and O–H groups in total. The molecule has 0 aromatic heterocycles. The molecule has 0 bridgehead atoms. The van der Waals surface area contributed by atoms with Crippen molar-refractivity contribution in [1.29, 1.82) is 0 Å². The Kier molecular flexibility index (Phi) is 7.18. The first kappa shape index (κ1) is 19.9. The Morgan fingerprint density at radius 2 is 1.69 bits per heavy atom. The van der Waals surface area contributed by atoms with Gasteiger partial charge in [0, 0.05) is 24.2 Å². The standard InChI is InChI=1S/C20H28N2O4/c1-2-12-21-19(26)15-6-8-16(9-7-15)22-17(23)13-20(14-18(24)25)10-4-3-5-11-20/h6-9H,2-5,10-14H2,1H3,(H,21,26)(H,22,23)(H,24,25). The Bertz CT molecular complexity index is 634. The fourth-order valence-corrected chi connectivity index (χ4v) is 3.63. The highest BCUT2D eigenvalue weighted by molar-refractivity contribution is 5.96. The summed E-state index contributed by atoms with van der Waals surface area (Å²) in [6.45, 7) is 2.62. The van der Waals surface area contributed by atoms with Gasteiger partial charge in [-0.05, 0) is 48.9 Å². The fraction of sp³-hybridized carbons (Fsp3) is 0.550. The fourth-order valence-electron chi connectivity index (χ4n) is 3.63. The average Bonchev–Trinajstić information content (AvgIpc) is 2.60. The van der Waals surface area contributed by atoms with Crippen LogP contribution < -0.4 is 10.6 Å². The van der Waals surface area contributed by atoms with Gasteiger partial charge in [-0.25, -0.2) is 0 Å². The van der Waals surface area contributed by atoms with Crippen molar-refractivity contribution in [2.75, 3.05) is 11.9 Å². The van der Waals surface area contributed by atoms with Crippen molar-refractivity contribution in [3.63, 3.8) is 0 Å². The Labute approximate surface area is 154 Å². The van der Waals surface area contributed by atoms with Gasteiger partial charge in [-0.3, -0.25) is 14.4 Å². The molecule has 6 nitrogen and oxygen atoms in total. The normalized spacial score (nSPS) is 15.9. The number of benzene rings is 1. The van der Waals surface area contributed by atoms with E-state index in [1.165, 1.54) is 0 Å². The maximum atomic E-state index is 12.4. The first-order valence-electron chi connectivity index (χ1n) is 9.34. The van der Waals surface area contributed by atoms with E-state index in [4.69, 9.17) is 0 Å². The first-order valence-corrected chi connectivity index (χ1v) is 9.34. The minimum absolute atomic E-state index is 0.0386. The predicted molar refractivity (Wildman–Crippen MR) is 100 cm³/mol. The van der Waals surface area contributed by atoms with E-state index in [0.29, 0.717) is 17.8 Å². The lowest BCUT2D eigenvalue weighted by molar-refractivity contribution is -0.140. The van der Waals surface area contributed by atoms with Crippen molar-refractivity contribution in [2.24, 2.45) is 5.41 Å². The number of nitrogens with one attached hydrogen (secondary N) is 2. The summed E-state index contributed by atoms with van der Waals surface area (Å²) in [7, 11) is 0. The molecule has 0 heterocycles. The summed E-state index contributed by atoms with van der Waals surface area (Å²) in [6, 6.07) is 6.75. The van der Waals surface area contributed by atoms with Crippen LogP contribution in [0, 0.1) is 5.41 Å². The minimum Gasteiger partial charge on any atom is -0.481 e. The van der Waals surface area contributed by atoms with Crippen LogP contribution in [0.15, 0.2) is 24.3 Å². The zero-order valence-corrected chi connectivity index (χ0v) is 15.3. The molecule has 1 saturated carbocycles. The van der Waals surface area contributed by atoms with Crippen LogP contribution in [-0.2, 0) is 9.59 Å². The third-order valence-corrected chi connectivity index (χ3v) is 4.94. The number of amides is 2. The van der Waals surface area contributed by atoms with Gasteiger partial charge in [-0.2, -0.15) is 0 Å². The predicted octanol–water partition coefficient (Wildman–Crippen LogP) is 3.58. The third-order valence-electron chi connectivity index (χ3n) is 4.94. The zero-order valence-electron chi connectivity index (χ0n) is 15.3. The Morgan fingerprint density at radius 1 is 1.04 bits per heavy atom. The van der Waals surface area contributed by atoms with Crippen molar-refractivity contribution >= 4 is 23.5 Å². The largest absolute Gasteiger partial charge is 0.481 e. The van der Waals surface area contributed by atoms with E-state index < -0.39 is 11.4 Å². The molecular weight excluding hydrogens is 332 g/mol. The summed E-state index contributed by atoms with van der Waals surface area (Å²) >= 11 is 0. The number of carboxylic acids is 1. The van der Waals surface area contributed by atoms with Crippen molar-refractivity contribution in [3.05, 3.63) is 29.8 Å². The topological polar surface area (TPSA) is 95.5 Å². The summed E-state index contributed by atoms with van der Waals surface area (Å²) in [6.07, 6.45) is 5.74. The molecule has 0 saturated heterocycles. The highest BCUT2D eigenvalue weighted by atomic mass is 16.4. The van der Waals surface area contributed by atoms with Crippen molar-refractivity contribution in [1.82, 2.24) is 5.32 Å². The maximum absolute atomic E-state index is 12.4. The number of anilines is 1. The van der Waals surface area contributed by atoms with Gasteiger partial charge in [0.05, 0.1) is 6.42 Å². The average molecular weight is 360 g/mol. The van der Waals surface area contributed by atoms with E-state index in [9.17, 15) is 19.5 Å². The quantitative estimate of drug-likeness (QED) is 0.660. The Hall–Kier alpha value is -2.37. The number of carboxylic acid groups (broad SMARTS) is 1. The number of hydrogen-bond donors (Lipinski definition) is 3. The number of carbonyl (C=O) groups excluding carboxylic acids is 2. The highest BCUT2D eigenvalue weighted by Gasteiger charge is 2.36. The van der Waals surface area contributed by atoms with Crippen molar-refractivity contribution in [3.8, 4) is 0 Å². The van der Waals surface area contributed by atoms with E-state index in [0.717, 1.165) is 38.5 Å². The molecule has 2 rings (SSSR count). The summed E-state index contributed by atoms with van der Waals surface area (Å²) in [5.41, 5.74) is 0.725. The zero-order chi connectivity index (χ0) is 19.0. The molecular formula is C20H28N2O4. The van der Waals surface area contributed by atoms with Crippen LogP contribution in [0.4, 0.5) is 5.69 Å². The van der Waals surface area contributed by atoms with Gasteiger partial charge in [0.1, 0.15) is 0 Å². The molecule has 0 unspecified atom stereocenters. The molecule has 0 aliphatic heterocycles. The molecule has 1 aromatic carbocycles. The van der Waals surface area contributed by atoms with Crippen LogP contribution in [0.2, 0.25) is 0 Å². The van der Waals surface area contributed by atoms with Crippen LogP contribution in [0.3, 0.4) is 0 Å². The van der Waals surface area contributed by atoms with Gasteiger partial charge in [0.2, 0.25) is 5.91 Å². The molecule has 0 spiro atoms. The van der Waals surface area contributed by atoms with E-state index in [2.05, 4.69) is 10.6 Å². The van der Waals surface area contributed by atoms with Gasteiger partial charge in [0.25, 0.3) is 5.91 Å². The van der Waals surface area contributed by atoms with E-state index in [1.54, 1.807) is 24.3 Å². The highest BCUT2D eigenvalue weighted by Crippen LogP contribution is 2.42. The second-order valence-corrected chi connectivity index (χ2v) is 7.19. The van der Waals surface area contributed by atoms with Gasteiger partial charge in [0.15, 0.2) is 0 Å². The van der Waals surface area contributed by atoms with Crippen LogP contribution >= 0.6 is 0 Å². The van der Waals surface area contributed by atoms with Crippen LogP contribution in [0.5, 0.6) is 0 Å². The van der Waals surface area contributed by atoms with Crippen molar-refractivity contribution < 1.29 is 19.5 Å². The molecule has 1 aromatic rings. The van der Waals surface area contributed by atoms with Crippen LogP contribution in [0.1, 0.15) is 68.6 Å². The number of aliphatic carboxylic acids is 1. The van der Waals surface area contributed by atoms with Crippen molar-refractivity contribution in [2.45, 2.75) is 58.3 Å². The SMILES string of the molecule is CCCNC(=O)c1ccc(NC(=O)CC2(CC(=O)O)CCCCC2)cc1. The first-order chi connectivity index (χ1) is 12.4. The van der Waals surface area contributed by atoms with E-state index in [-0.39, 0.29) is 24.7 Å². The Morgan fingerprint density at radius 3 is 2.27 bits per heavy atom. The van der Waals surface area contributed by atoms with Gasteiger partial charge in [-0.1, -0.05) is 26.2 Å². The molecule has 1 fully saturated rings. The smallest absolute Gasteiger partial charge is 0.303 e. The van der Waals surface area contributed by atoms with Gasteiger partial charge >= 0.3 is 5.97 Å². The number of carbonyl (C=O) groups is 3. The lowest BCUT2D eigenvalue weighted by Gasteiger charge is -2.35. The molecule has 26 heavy (non-hydrogen) atoms. The van der Waals surface area contributed by atoms with Crippen LogP contribution in [-0.4, -0.2) is 29.4 Å². The Balaban J connectivity index is 1.95. The molecule has 6 heteroatoms. The lowest BCUT2D eigenvalue weighted by atomic mass is 9.69. The summed E-state index contributed by atoms with van der Waals surface area (Å²) in [4.78, 5) is 35.6. The molecule has 0 radical (unpaired) electrons. The monoisotopic (exact) mass is 360 g/mol. The summed E-state index contributed by atoms with van der Waals surface area (Å²) < 4.78 is 0. The van der Waals surface area contributed by atoms with E-state index >= 15 is 0 Å². The number of rotatable bonds is 8. The molecule has 2 amide bonds. The number of hydrogen-bond acceptors (Lipinski definition) is 3. The second-order valence-electron chi connectivity index (χ2n) is 7.19. The summed E-state index contributed by atoms with van der Waals surface area (Å²) in [5, 5.41) is 14.8. The van der Waals surface area contributed by atoms with Crippen LogP contribution in [0.25, 0.3) is 0 Å².